The average Bonchev–Trinajstić information content (AvgIpc) is 2.75. The van der Waals surface area contributed by atoms with Gasteiger partial charge in [0.15, 0.2) is 0 Å². The van der Waals surface area contributed by atoms with Gasteiger partial charge < -0.3 is 4.74 Å². The Kier molecular flexibility index (Phi) is 5.11. The summed E-state index contributed by atoms with van der Waals surface area (Å²) in [6, 6.07) is 0.194. The molecule has 0 spiro atoms. The summed E-state index contributed by atoms with van der Waals surface area (Å²) in [6.07, 6.45) is 5.68. The molecule has 0 aliphatic carbocycles. The standard InChI is InChI=1S/C12H24N4O/c1-5-16-9-10(8-14-16)6-11(15-13)7-12(2,3)17-4/h8-9,11,15H,5-7,13H2,1-4H3. The number of ether oxygens (including phenoxy) is 1. The zero-order valence-electron chi connectivity index (χ0n) is 11.2. The van der Waals surface area contributed by atoms with Gasteiger partial charge in [0.05, 0.1) is 11.8 Å². The number of nitrogens with one attached hydrogen (secondary N) is 1. The number of aromatic nitrogens is 2. The molecule has 98 valence electrons. The molecule has 3 N–H and O–H groups in total. The molecular weight excluding hydrogens is 216 g/mol. The molecule has 5 nitrogen and oxygen atoms in total. The molecule has 0 fully saturated rings. The van der Waals surface area contributed by atoms with Crippen LogP contribution in [-0.2, 0) is 17.7 Å². The fourth-order valence-corrected chi connectivity index (χ4v) is 1.84. The number of nitrogens with zero attached hydrogens (tertiary/aromatic N) is 2. The van der Waals surface area contributed by atoms with Crippen LogP contribution in [0.2, 0.25) is 0 Å². The van der Waals surface area contributed by atoms with E-state index in [4.69, 9.17) is 10.6 Å². The van der Waals surface area contributed by atoms with Crippen molar-refractivity contribution in [2.75, 3.05) is 7.11 Å². The van der Waals surface area contributed by atoms with Crippen molar-refractivity contribution in [3.63, 3.8) is 0 Å². The van der Waals surface area contributed by atoms with Crippen molar-refractivity contribution in [2.45, 2.75) is 51.8 Å². The lowest BCUT2D eigenvalue weighted by Gasteiger charge is -2.27. The average molecular weight is 240 g/mol. The molecule has 0 bridgehead atoms. The first-order valence-electron chi connectivity index (χ1n) is 6.03. The minimum Gasteiger partial charge on any atom is -0.379 e. The normalized spacial score (nSPS) is 13.9. The van der Waals surface area contributed by atoms with Crippen LogP contribution < -0.4 is 11.3 Å². The lowest BCUT2D eigenvalue weighted by atomic mass is 9.95. The van der Waals surface area contributed by atoms with Gasteiger partial charge in [-0.05, 0) is 39.2 Å². The van der Waals surface area contributed by atoms with E-state index < -0.39 is 0 Å². The second kappa shape index (κ2) is 6.14. The SMILES string of the molecule is CCn1cc(CC(CC(C)(C)OC)NN)cn1. The second-order valence-corrected chi connectivity index (χ2v) is 4.94. The molecule has 0 radical (unpaired) electrons. The maximum atomic E-state index is 5.59. The molecule has 17 heavy (non-hydrogen) atoms. The number of aryl methyl sites for hydroxylation is 1. The van der Waals surface area contributed by atoms with Gasteiger partial charge in [0.25, 0.3) is 0 Å². The highest BCUT2D eigenvalue weighted by Gasteiger charge is 2.22. The Labute approximate surface area is 103 Å². The van der Waals surface area contributed by atoms with Gasteiger partial charge in [-0.1, -0.05) is 0 Å². The highest BCUT2D eigenvalue weighted by Crippen LogP contribution is 2.17. The maximum absolute atomic E-state index is 5.59. The Hall–Kier alpha value is -0.910. The van der Waals surface area contributed by atoms with Crippen LogP contribution in [0, 0.1) is 0 Å². The second-order valence-electron chi connectivity index (χ2n) is 4.94. The first-order valence-corrected chi connectivity index (χ1v) is 6.03. The van der Waals surface area contributed by atoms with Crippen molar-refractivity contribution in [2.24, 2.45) is 5.84 Å². The van der Waals surface area contributed by atoms with Gasteiger partial charge in [-0.3, -0.25) is 16.0 Å². The van der Waals surface area contributed by atoms with E-state index in [1.54, 1.807) is 7.11 Å². The topological polar surface area (TPSA) is 65.1 Å². The van der Waals surface area contributed by atoms with Crippen LogP contribution in [0.25, 0.3) is 0 Å². The number of hydrogen-bond donors (Lipinski definition) is 2. The molecule has 1 aromatic heterocycles. The first-order chi connectivity index (χ1) is 8.00. The first kappa shape index (κ1) is 14.2. The molecule has 0 aliphatic heterocycles. The summed E-state index contributed by atoms with van der Waals surface area (Å²) in [4.78, 5) is 0. The number of nitrogens with two attached hydrogens (primary N) is 1. The minimum atomic E-state index is -0.169. The van der Waals surface area contributed by atoms with E-state index in [9.17, 15) is 0 Å². The van der Waals surface area contributed by atoms with Crippen LogP contribution in [0.4, 0.5) is 0 Å². The van der Waals surface area contributed by atoms with Gasteiger partial charge in [-0.25, -0.2) is 0 Å². The van der Waals surface area contributed by atoms with Crippen LogP contribution in [0.15, 0.2) is 12.4 Å². The zero-order valence-corrected chi connectivity index (χ0v) is 11.2. The van der Waals surface area contributed by atoms with Crippen molar-refractivity contribution in [3.8, 4) is 0 Å². The van der Waals surface area contributed by atoms with Gasteiger partial charge in [-0.15, -0.1) is 0 Å². The van der Waals surface area contributed by atoms with Gasteiger partial charge in [0.1, 0.15) is 0 Å². The fraction of sp³-hybridized carbons (Fsp3) is 0.750. The summed E-state index contributed by atoms with van der Waals surface area (Å²) >= 11 is 0. The van der Waals surface area contributed by atoms with Crippen molar-refractivity contribution < 1.29 is 4.74 Å². The van der Waals surface area contributed by atoms with Crippen LogP contribution in [0.1, 0.15) is 32.8 Å². The Morgan fingerprint density at radius 2 is 2.29 bits per heavy atom. The molecule has 1 atom stereocenters. The molecule has 0 aromatic carbocycles. The molecule has 0 amide bonds. The summed E-state index contributed by atoms with van der Waals surface area (Å²) in [5.41, 5.74) is 3.88. The third-order valence-electron chi connectivity index (χ3n) is 3.02. The minimum absolute atomic E-state index is 0.169. The number of hydrogen-bond acceptors (Lipinski definition) is 4. The molecule has 1 aromatic rings. The summed E-state index contributed by atoms with van der Waals surface area (Å²) < 4.78 is 7.34. The molecule has 1 heterocycles. The molecule has 0 saturated carbocycles. The van der Waals surface area contributed by atoms with E-state index in [0.29, 0.717) is 0 Å². The van der Waals surface area contributed by atoms with Gasteiger partial charge in [0, 0.05) is 25.9 Å². The lowest BCUT2D eigenvalue weighted by Crippen LogP contribution is -2.42. The van der Waals surface area contributed by atoms with E-state index >= 15 is 0 Å². The molecule has 0 aliphatic rings. The Morgan fingerprint density at radius 1 is 1.59 bits per heavy atom. The van der Waals surface area contributed by atoms with Crippen LogP contribution in [0.5, 0.6) is 0 Å². The highest BCUT2D eigenvalue weighted by molar-refractivity contribution is 5.06. The monoisotopic (exact) mass is 240 g/mol. The number of methoxy groups -OCH3 is 1. The van der Waals surface area contributed by atoms with E-state index in [-0.39, 0.29) is 11.6 Å². The van der Waals surface area contributed by atoms with E-state index in [0.717, 1.165) is 19.4 Å². The molecule has 1 rings (SSSR count). The number of hydrazine groups is 1. The van der Waals surface area contributed by atoms with Gasteiger partial charge in [-0.2, -0.15) is 5.10 Å². The summed E-state index contributed by atoms with van der Waals surface area (Å²) in [6.45, 7) is 7.09. The molecule has 5 heteroatoms. The zero-order chi connectivity index (χ0) is 12.9. The molecular formula is C12H24N4O. The van der Waals surface area contributed by atoms with Crippen molar-refractivity contribution >= 4 is 0 Å². The van der Waals surface area contributed by atoms with E-state index in [2.05, 4.69) is 37.5 Å². The quantitative estimate of drug-likeness (QED) is 0.553. The van der Waals surface area contributed by atoms with Crippen LogP contribution in [-0.4, -0.2) is 28.5 Å². The summed E-state index contributed by atoms with van der Waals surface area (Å²) in [5, 5.41) is 4.26. The molecule has 0 saturated heterocycles. The van der Waals surface area contributed by atoms with Gasteiger partial charge in [0.2, 0.25) is 0 Å². The Bertz CT molecular complexity index is 335. The Balaban J connectivity index is 2.57. The van der Waals surface area contributed by atoms with Crippen LogP contribution in [0.3, 0.4) is 0 Å². The predicted octanol–water partition coefficient (Wildman–Crippen LogP) is 1.09. The largest absolute Gasteiger partial charge is 0.379 e. The van der Waals surface area contributed by atoms with Crippen molar-refractivity contribution in [3.05, 3.63) is 18.0 Å². The van der Waals surface area contributed by atoms with E-state index in [1.165, 1.54) is 5.56 Å². The van der Waals surface area contributed by atoms with Crippen molar-refractivity contribution in [1.29, 1.82) is 0 Å². The maximum Gasteiger partial charge on any atom is 0.0638 e. The predicted molar refractivity (Wildman–Crippen MR) is 68.4 cm³/mol. The highest BCUT2D eigenvalue weighted by atomic mass is 16.5. The van der Waals surface area contributed by atoms with Crippen molar-refractivity contribution in [1.82, 2.24) is 15.2 Å². The van der Waals surface area contributed by atoms with Gasteiger partial charge >= 0.3 is 0 Å². The Morgan fingerprint density at radius 3 is 2.76 bits per heavy atom. The molecule has 1 unspecified atom stereocenters. The summed E-state index contributed by atoms with van der Waals surface area (Å²) in [7, 11) is 1.72. The van der Waals surface area contributed by atoms with Crippen LogP contribution >= 0.6 is 0 Å². The van der Waals surface area contributed by atoms with E-state index in [1.807, 2.05) is 10.9 Å². The lowest BCUT2D eigenvalue weighted by molar-refractivity contribution is 0.00710. The fourth-order valence-electron chi connectivity index (χ4n) is 1.84. The summed E-state index contributed by atoms with van der Waals surface area (Å²) in [5.74, 6) is 5.59. The number of rotatable bonds is 7. The third kappa shape index (κ3) is 4.46. The third-order valence-corrected chi connectivity index (χ3v) is 3.02. The smallest absolute Gasteiger partial charge is 0.0638 e.